The van der Waals surface area contributed by atoms with E-state index in [1.54, 1.807) is 0 Å². The summed E-state index contributed by atoms with van der Waals surface area (Å²) in [5.74, 6) is -0.764. The Morgan fingerprint density at radius 1 is 0.765 bits per heavy atom. The van der Waals surface area contributed by atoms with Gasteiger partial charge in [-0.05, 0) is 77.6 Å². The van der Waals surface area contributed by atoms with Crippen LogP contribution in [0.15, 0.2) is 23.0 Å². The number of hydrogen-bond donors (Lipinski definition) is 0. The quantitative estimate of drug-likeness (QED) is 0.284. The van der Waals surface area contributed by atoms with Crippen LogP contribution in [0.4, 0.5) is 0 Å². The van der Waals surface area contributed by atoms with Crippen LogP contribution in [0.2, 0.25) is 18.1 Å². The predicted molar refractivity (Wildman–Crippen MR) is 142 cm³/mol. The minimum atomic E-state index is -2.20. The van der Waals surface area contributed by atoms with E-state index in [0.29, 0.717) is 11.1 Å². The van der Waals surface area contributed by atoms with Crippen LogP contribution >= 0.6 is 0 Å². The number of ether oxygens (including phenoxy) is 2. The standard InChI is InChI=1S/C28H50O5Si/c1-17(2)19-16-20(33-34(14,15)28(11,12)13)21(18(3)4)23(25(30)32-27(8,9)10)22(19)24(29)31-26(5,6)7/h16-19,21H,1-15H3. The van der Waals surface area contributed by atoms with Crippen molar-refractivity contribution in [2.45, 2.75) is 119 Å². The Hall–Kier alpha value is -1.56. The molecule has 0 amide bonds. The smallest absolute Gasteiger partial charge is 0.335 e. The minimum Gasteiger partial charge on any atom is -0.546 e. The van der Waals surface area contributed by atoms with E-state index in [1.807, 2.05) is 41.5 Å². The van der Waals surface area contributed by atoms with Crippen molar-refractivity contribution >= 4 is 20.3 Å². The third-order valence-corrected chi connectivity index (χ3v) is 10.7. The first kappa shape index (κ1) is 30.5. The molecule has 0 aliphatic heterocycles. The third-order valence-electron chi connectivity index (χ3n) is 6.39. The van der Waals surface area contributed by atoms with Gasteiger partial charge in [0, 0.05) is 11.8 Å². The highest BCUT2D eigenvalue weighted by molar-refractivity contribution is 6.74. The summed E-state index contributed by atoms with van der Waals surface area (Å²) in [6, 6.07) is 0. The molecular formula is C28H50O5Si. The van der Waals surface area contributed by atoms with Gasteiger partial charge < -0.3 is 13.9 Å². The maximum atomic E-state index is 13.7. The van der Waals surface area contributed by atoms with Crippen molar-refractivity contribution in [3.63, 3.8) is 0 Å². The molecule has 5 nitrogen and oxygen atoms in total. The van der Waals surface area contributed by atoms with Gasteiger partial charge in [-0.25, -0.2) is 9.59 Å². The van der Waals surface area contributed by atoms with Gasteiger partial charge in [-0.3, -0.25) is 0 Å². The molecule has 0 fully saturated rings. The maximum Gasteiger partial charge on any atom is 0.335 e. The molecule has 196 valence electrons. The predicted octanol–water partition coefficient (Wildman–Crippen LogP) is 7.43. The molecule has 0 bridgehead atoms. The van der Waals surface area contributed by atoms with E-state index >= 15 is 0 Å². The van der Waals surface area contributed by atoms with Gasteiger partial charge in [-0.2, -0.15) is 0 Å². The average molecular weight is 495 g/mol. The van der Waals surface area contributed by atoms with E-state index in [4.69, 9.17) is 13.9 Å². The first-order valence-electron chi connectivity index (χ1n) is 12.6. The van der Waals surface area contributed by atoms with Crippen LogP contribution in [0.25, 0.3) is 0 Å². The molecule has 0 aromatic rings. The fraction of sp³-hybridized carbons (Fsp3) is 0.786. The second-order valence-electron chi connectivity index (χ2n) is 13.8. The van der Waals surface area contributed by atoms with Crippen molar-refractivity contribution in [1.29, 1.82) is 0 Å². The fourth-order valence-electron chi connectivity index (χ4n) is 3.74. The van der Waals surface area contributed by atoms with Crippen LogP contribution in [-0.4, -0.2) is 31.5 Å². The topological polar surface area (TPSA) is 61.8 Å². The van der Waals surface area contributed by atoms with Gasteiger partial charge in [0.2, 0.25) is 8.32 Å². The van der Waals surface area contributed by atoms with Crippen molar-refractivity contribution in [2.75, 3.05) is 0 Å². The van der Waals surface area contributed by atoms with Gasteiger partial charge in [-0.15, -0.1) is 0 Å². The van der Waals surface area contributed by atoms with Crippen LogP contribution in [0.1, 0.15) is 90.0 Å². The van der Waals surface area contributed by atoms with Crippen molar-refractivity contribution < 1.29 is 23.5 Å². The molecule has 0 N–H and O–H groups in total. The van der Waals surface area contributed by atoms with Crippen LogP contribution in [-0.2, 0) is 23.5 Å². The largest absolute Gasteiger partial charge is 0.546 e. The zero-order chi connectivity index (χ0) is 27.0. The second-order valence-corrected chi connectivity index (χ2v) is 18.5. The molecule has 0 aromatic carbocycles. The molecule has 0 aromatic heterocycles. The van der Waals surface area contributed by atoms with Crippen LogP contribution < -0.4 is 0 Å². The zero-order valence-corrected chi connectivity index (χ0v) is 25.4. The van der Waals surface area contributed by atoms with Crippen molar-refractivity contribution in [3.8, 4) is 0 Å². The Balaban J connectivity index is 3.88. The van der Waals surface area contributed by atoms with Crippen molar-refractivity contribution in [2.24, 2.45) is 23.7 Å². The van der Waals surface area contributed by atoms with Gasteiger partial charge in [-0.1, -0.05) is 48.5 Å². The van der Waals surface area contributed by atoms with E-state index in [-0.39, 0.29) is 28.7 Å². The molecule has 1 rings (SSSR count). The number of hydrogen-bond acceptors (Lipinski definition) is 5. The molecule has 2 unspecified atom stereocenters. The average Bonchev–Trinajstić information content (AvgIpc) is 2.55. The molecule has 1 aliphatic carbocycles. The number of esters is 2. The summed E-state index contributed by atoms with van der Waals surface area (Å²) < 4.78 is 18.5. The maximum absolute atomic E-state index is 13.7. The third kappa shape index (κ3) is 7.72. The Labute approximate surface area is 209 Å². The normalized spacial score (nSPS) is 20.4. The Morgan fingerprint density at radius 2 is 1.18 bits per heavy atom. The van der Waals surface area contributed by atoms with E-state index in [9.17, 15) is 9.59 Å². The molecule has 1 aliphatic rings. The highest BCUT2D eigenvalue weighted by Gasteiger charge is 2.47. The molecule has 6 heteroatoms. The second kappa shape index (κ2) is 10.2. The summed E-state index contributed by atoms with van der Waals surface area (Å²) in [6.07, 6.45) is 2.07. The van der Waals surface area contributed by atoms with Gasteiger partial charge in [0.15, 0.2) is 0 Å². The highest BCUT2D eigenvalue weighted by atomic mass is 28.4. The summed E-state index contributed by atoms with van der Waals surface area (Å²) in [5, 5.41) is -0.00998. The summed E-state index contributed by atoms with van der Waals surface area (Å²) in [5.41, 5.74) is -0.589. The zero-order valence-electron chi connectivity index (χ0n) is 24.4. The summed E-state index contributed by atoms with van der Waals surface area (Å²) >= 11 is 0. The SMILES string of the molecule is CC(C)C1C=C(O[Si](C)(C)C(C)(C)C)C(C(C)C)C(C(=O)OC(C)(C)C)=C1C(=O)OC(C)(C)C. The summed E-state index contributed by atoms with van der Waals surface area (Å²) in [7, 11) is -2.20. The van der Waals surface area contributed by atoms with Crippen LogP contribution in [0.5, 0.6) is 0 Å². The van der Waals surface area contributed by atoms with Gasteiger partial charge in [0.25, 0.3) is 0 Å². The molecule has 0 saturated heterocycles. The summed E-state index contributed by atoms with van der Waals surface area (Å²) in [6.45, 7) is 30.3. The van der Waals surface area contributed by atoms with Crippen molar-refractivity contribution in [3.05, 3.63) is 23.0 Å². The van der Waals surface area contributed by atoms with E-state index in [1.165, 1.54) is 0 Å². The number of allylic oxidation sites excluding steroid dienone is 2. The molecule has 0 heterocycles. The van der Waals surface area contributed by atoms with Gasteiger partial charge in [0.05, 0.1) is 16.9 Å². The number of carbonyl (C=O) groups is 2. The summed E-state index contributed by atoms with van der Waals surface area (Å²) in [4.78, 5) is 27.3. The molecule has 0 radical (unpaired) electrons. The molecule has 2 atom stereocenters. The Morgan fingerprint density at radius 3 is 1.50 bits per heavy atom. The minimum absolute atomic E-state index is 0.00998. The van der Waals surface area contributed by atoms with E-state index < -0.39 is 31.5 Å². The van der Waals surface area contributed by atoms with Crippen molar-refractivity contribution in [1.82, 2.24) is 0 Å². The lowest BCUT2D eigenvalue weighted by Gasteiger charge is -2.43. The number of carbonyl (C=O) groups excluding carboxylic acids is 2. The van der Waals surface area contributed by atoms with E-state index in [2.05, 4.69) is 67.6 Å². The fourth-order valence-corrected chi connectivity index (χ4v) is 4.83. The lowest BCUT2D eigenvalue weighted by molar-refractivity contribution is -0.155. The highest BCUT2D eigenvalue weighted by Crippen LogP contribution is 2.46. The molecule has 0 spiro atoms. The lowest BCUT2D eigenvalue weighted by atomic mass is 9.72. The van der Waals surface area contributed by atoms with Crippen LogP contribution in [0, 0.1) is 23.7 Å². The van der Waals surface area contributed by atoms with Crippen LogP contribution in [0.3, 0.4) is 0 Å². The first-order chi connectivity index (χ1) is 15.0. The van der Waals surface area contributed by atoms with Gasteiger partial charge >= 0.3 is 11.9 Å². The lowest BCUT2D eigenvalue weighted by Crippen LogP contribution is -2.44. The number of rotatable bonds is 6. The molecular weight excluding hydrogens is 444 g/mol. The van der Waals surface area contributed by atoms with Gasteiger partial charge in [0.1, 0.15) is 11.2 Å². The molecule has 34 heavy (non-hydrogen) atoms. The molecule has 0 saturated carbocycles. The Bertz CT molecular complexity index is 826. The monoisotopic (exact) mass is 494 g/mol. The first-order valence-corrected chi connectivity index (χ1v) is 15.5. The van der Waals surface area contributed by atoms with E-state index in [0.717, 1.165) is 5.76 Å². The Kier molecular flexibility index (Phi) is 9.14.